The molecule has 2 N–H and O–H groups in total. The molecule has 1 aromatic carbocycles. The normalized spacial score (nSPS) is 12.2. The number of nitriles is 1. The third kappa shape index (κ3) is 8.49. The van der Waals surface area contributed by atoms with E-state index in [0.29, 0.717) is 34.7 Å². The lowest BCUT2D eigenvalue weighted by molar-refractivity contribution is -0.124. The average Bonchev–Trinajstić information content (AvgIpc) is 3.22. The average molecular weight is 562 g/mol. The van der Waals surface area contributed by atoms with Crippen molar-refractivity contribution in [1.82, 2.24) is 24.8 Å². The van der Waals surface area contributed by atoms with Crippen molar-refractivity contribution in [2.45, 2.75) is 58.7 Å². The second-order valence-corrected chi connectivity index (χ2v) is 17.7. The number of ether oxygens (including phenoxy) is 1. The van der Waals surface area contributed by atoms with Crippen LogP contribution in [0.25, 0.3) is 17.2 Å². The Balaban J connectivity index is 1.87. The van der Waals surface area contributed by atoms with Crippen molar-refractivity contribution in [1.29, 1.82) is 5.26 Å². The summed E-state index contributed by atoms with van der Waals surface area (Å²) in [6.07, 6.45) is 4.91. The summed E-state index contributed by atoms with van der Waals surface area (Å²) in [6.45, 7) is 13.6. The minimum atomic E-state index is -1.23. The molecule has 0 fully saturated rings. The lowest BCUT2D eigenvalue weighted by Crippen LogP contribution is -2.40. The van der Waals surface area contributed by atoms with Gasteiger partial charge in [-0.1, -0.05) is 31.8 Å². The molecule has 0 radical (unpaired) electrons. The van der Waals surface area contributed by atoms with Crippen LogP contribution in [0.2, 0.25) is 25.7 Å². The van der Waals surface area contributed by atoms with E-state index < -0.39 is 13.6 Å². The van der Waals surface area contributed by atoms with Crippen LogP contribution in [-0.4, -0.2) is 65.6 Å². The van der Waals surface area contributed by atoms with E-state index in [1.165, 1.54) is 4.90 Å². The van der Waals surface area contributed by atoms with Crippen molar-refractivity contribution >= 4 is 48.6 Å². The van der Waals surface area contributed by atoms with Gasteiger partial charge >= 0.3 is 0 Å². The fourth-order valence-corrected chi connectivity index (χ4v) is 4.44. The summed E-state index contributed by atoms with van der Waals surface area (Å²) in [4.78, 5) is 36.0. The van der Waals surface area contributed by atoms with E-state index >= 15 is 0 Å². The van der Waals surface area contributed by atoms with Crippen molar-refractivity contribution in [2.75, 3.05) is 26.0 Å². The molecule has 0 spiro atoms. The number of carbonyl (C=O) groups excluding carboxylic acids is 2. The van der Waals surface area contributed by atoms with Crippen molar-refractivity contribution in [3.8, 4) is 6.07 Å². The number of anilines is 2. The highest BCUT2D eigenvalue weighted by molar-refractivity contribution is 6.76. The zero-order valence-corrected chi connectivity index (χ0v) is 25.6. The first kappa shape index (κ1) is 30.5. The Morgan fingerprint density at radius 2 is 1.85 bits per heavy atom. The van der Waals surface area contributed by atoms with E-state index in [2.05, 4.69) is 35.3 Å². The standard InChI is InChI=1S/C29H39N7O3Si/c1-29(2,3)34-27(37)23-18-36(19-39-13-14-40(6,7)8)26-25(23)33-24(17-31-26)32-22-11-9-20(10-12-22)15-21(16-30)28(38)35(4)5/h9-12,15,17-18H,13-14,19H2,1-8H3,(H,32,33)(H,34,37). The second kappa shape index (κ2) is 12.4. The highest BCUT2D eigenvalue weighted by Crippen LogP contribution is 2.23. The first-order valence-corrected chi connectivity index (χ1v) is 16.8. The van der Waals surface area contributed by atoms with Gasteiger partial charge in [0, 0.05) is 46.2 Å². The van der Waals surface area contributed by atoms with Crippen LogP contribution in [0.3, 0.4) is 0 Å². The van der Waals surface area contributed by atoms with E-state index in [4.69, 9.17) is 9.72 Å². The van der Waals surface area contributed by atoms with Gasteiger partial charge in [0.05, 0.1) is 11.8 Å². The van der Waals surface area contributed by atoms with E-state index in [0.717, 1.165) is 11.7 Å². The number of nitrogens with zero attached hydrogens (tertiary/aromatic N) is 5. The molecule has 2 amide bonds. The maximum atomic E-state index is 13.2. The number of carbonyl (C=O) groups is 2. The van der Waals surface area contributed by atoms with E-state index in [1.54, 1.807) is 44.7 Å². The number of fused-ring (bicyclic) bond motifs is 1. The molecule has 0 aliphatic rings. The summed E-state index contributed by atoms with van der Waals surface area (Å²) in [6, 6.07) is 10.2. The fraction of sp³-hybridized carbons (Fsp3) is 0.414. The highest BCUT2D eigenvalue weighted by Gasteiger charge is 2.22. The molecule has 0 aliphatic carbocycles. The topological polar surface area (TPSA) is 125 Å². The van der Waals surface area contributed by atoms with Crippen molar-refractivity contribution in [2.24, 2.45) is 0 Å². The van der Waals surface area contributed by atoms with Gasteiger partial charge in [0.2, 0.25) is 0 Å². The summed E-state index contributed by atoms with van der Waals surface area (Å²) in [7, 11) is 1.98. The Bertz CT molecular complexity index is 1440. The summed E-state index contributed by atoms with van der Waals surface area (Å²) < 4.78 is 7.75. The van der Waals surface area contributed by atoms with Crippen molar-refractivity contribution in [3.63, 3.8) is 0 Å². The van der Waals surface area contributed by atoms with Crippen LogP contribution >= 0.6 is 0 Å². The molecule has 2 aromatic heterocycles. The SMILES string of the molecule is CN(C)C(=O)C(C#N)=Cc1ccc(Nc2cnc3c(n2)c(C(=O)NC(C)(C)C)cn3COCC[Si](C)(C)C)cc1. The molecule has 0 atom stereocenters. The second-order valence-electron chi connectivity index (χ2n) is 12.1. The zero-order chi connectivity index (χ0) is 29.7. The van der Waals surface area contributed by atoms with Crippen LogP contribution in [-0.2, 0) is 16.3 Å². The number of hydrogen-bond donors (Lipinski definition) is 2. The largest absolute Gasteiger partial charge is 0.361 e. The Morgan fingerprint density at radius 3 is 2.42 bits per heavy atom. The molecule has 40 heavy (non-hydrogen) atoms. The third-order valence-corrected chi connectivity index (χ3v) is 7.48. The minimum absolute atomic E-state index is 0.0528. The van der Waals surface area contributed by atoms with Crippen LogP contribution in [0.5, 0.6) is 0 Å². The Kier molecular flexibility index (Phi) is 9.50. The van der Waals surface area contributed by atoms with Gasteiger partial charge in [-0.25, -0.2) is 9.97 Å². The smallest absolute Gasteiger partial charge is 0.264 e. The van der Waals surface area contributed by atoms with Gasteiger partial charge in [-0.2, -0.15) is 5.26 Å². The Morgan fingerprint density at radius 1 is 1.18 bits per heavy atom. The summed E-state index contributed by atoms with van der Waals surface area (Å²) >= 11 is 0. The molecular weight excluding hydrogens is 522 g/mol. The van der Waals surface area contributed by atoms with Crippen LogP contribution < -0.4 is 10.6 Å². The number of rotatable bonds is 10. The van der Waals surface area contributed by atoms with Gasteiger partial charge < -0.3 is 24.8 Å². The molecule has 0 unspecified atom stereocenters. The summed E-state index contributed by atoms with van der Waals surface area (Å²) in [5.74, 6) is -0.118. The molecule has 0 aliphatic heterocycles. The molecule has 2 heterocycles. The lowest BCUT2D eigenvalue weighted by atomic mass is 10.1. The molecule has 0 saturated carbocycles. The molecule has 10 nitrogen and oxygen atoms in total. The lowest BCUT2D eigenvalue weighted by Gasteiger charge is -2.20. The zero-order valence-electron chi connectivity index (χ0n) is 24.6. The van der Waals surface area contributed by atoms with Crippen molar-refractivity contribution < 1.29 is 14.3 Å². The van der Waals surface area contributed by atoms with Gasteiger partial charge in [-0.05, 0) is 50.6 Å². The quantitative estimate of drug-likeness (QED) is 0.154. The fourth-order valence-electron chi connectivity index (χ4n) is 3.69. The predicted octanol–water partition coefficient (Wildman–Crippen LogP) is 5.01. The monoisotopic (exact) mass is 561 g/mol. The molecule has 0 saturated heterocycles. The number of amides is 2. The van der Waals surface area contributed by atoms with Crippen molar-refractivity contribution in [3.05, 3.63) is 53.4 Å². The van der Waals surface area contributed by atoms with Gasteiger partial charge in [0.15, 0.2) is 5.65 Å². The number of nitrogens with one attached hydrogen (secondary N) is 2. The Hall–Kier alpha value is -4.01. The number of aromatic nitrogens is 3. The molecule has 0 bridgehead atoms. The highest BCUT2D eigenvalue weighted by atomic mass is 28.3. The number of likely N-dealkylation sites (N-methyl/N-ethyl adjacent to an activating group) is 1. The molecular formula is C29H39N7O3Si. The van der Waals surface area contributed by atoms with Gasteiger partial charge in [-0.3, -0.25) is 9.59 Å². The van der Waals surface area contributed by atoms with Crippen LogP contribution in [0.1, 0.15) is 36.7 Å². The summed E-state index contributed by atoms with van der Waals surface area (Å²) in [5, 5.41) is 15.6. The first-order chi connectivity index (χ1) is 18.7. The molecule has 11 heteroatoms. The van der Waals surface area contributed by atoms with Gasteiger partial charge in [0.25, 0.3) is 11.8 Å². The maximum absolute atomic E-state index is 13.2. The number of benzene rings is 1. The van der Waals surface area contributed by atoms with Crippen LogP contribution in [0, 0.1) is 11.3 Å². The summed E-state index contributed by atoms with van der Waals surface area (Å²) in [5.41, 5.74) is 2.54. The van der Waals surface area contributed by atoms with E-state index in [1.807, 2.05) is 43.5 Å². The molecule has 3 aromatic rings. The predicted molar refractivity (Wildman–Crippen MR) is 161 cm³/mol. The van der Waals surface area contributed by atoms with Crippen LogP contribution in [0.4, 0.5) is 11.5 Å². The minimum Gasteiger partial charge on any atom is -0.361 e. The Labute approximate surface area is 237 Å². The van der Waals surface area contributed by atoms with Gasteiger partial charge in [-0.15, -0.1) is 0 Å². The molecule has 3 rings (SSSR count). The van der Waals surface area contributed by atoms with E-state index in [-0.39, 0.29) is 24.1 Å². The number of hydrogen-bond acceptors (Lipinski definition) is 7. The van der Waals surface area contributed by atoms with E-state index in [9.17, 15) is 14.9 Å². The molecule has 212 valence electrons. The maximum Gasteiger partial charge on any atom is 0.264 e. The first-order valence-electron chi connectivity index (χ1n) is 13.1. The van der Waals surface area contributed by atoms with Crippen LogP contribution in [0.15, 0.2) is 42.2 Å². The third-order valence-electron chi connectivity index (χ3n) is 5.78. The van der Waals surface area contributed by atoms with Gasteiger partial charge in [0.1, 0.15) is 29.7 Å².